The molecule has 112 valence electrons. The van der Waals surface area contributed by atoms with E-state index in [1.165, 1.54) is 4.90 Å². The van der Waals surface area contributed by atoms with Crippen molar-refractivity contribution in [1.82, 2.24) is 20.4 Å². The maximum atomic E-state index is 12.2. The van der Waals surface area contributed by atoms with Gasteiger partial charge in [-0.25, -0.2) is 4.79 Å². The molecular formula is C14H19N5O2. The van der Waals surface area contributed by atoms with Gasteiger partial charge < -0.3 is 15.5 Å². The van der Waals surface area contributed by atoms with Crippen molar-refractivity contribution in [3.63, 3.8) is 0 Å². The molecule has 0 aliphatic carbocycles. The van der Waals surface area contributed by atoms with E-state index in [0.29, 0.717) is 5.69 Å². The molecule has 7 nitrogen and oxygen atoms in total. The van der Waals surface area contributed by atoms with Crippen LogP contribution in [0.25, 0.3) is 10.9 Å². The lowest BCUT2D eigenvalue weighted by Gasteiger charge is -2.24. The number of urea groups is 1. The number of H-pyrrole nitrogens is 1. The van der Waals surface area contributed by atoms with Crippen molar-refractivity contribution in [3.05, 3.63) is 24.4 Å². The second kappa shape index (κ2) is 6.25. The smallest absolute Gasteiger partial charge is 0.321 e. The average molecular weight is 289 g/mol. The van der Waals surface area contributed by atoms with Crippen molar-refractivity contribution < 1.29 is 9.59 Å². The zero-order valence-electron chi connectivity index (χ0n) is 12.3. The van der Waals surface area contributed by atoms with Gasteiger partial charge in [-0.1, -0.05) is 6.07 Å². The molecule has 1 heterocycles. The van der Waals surface area contributed by atoms with E-state index in [4.69, 9.17) is 0 Å². The van der Waals surface area contributed by atoms with E-state index in [1.807, 2.05) is 25.1 Å². The number of aromatic amines is 1. The summed E-state index contributed by atoms with van der Waals surface area (Å²) in [6, 6.07) is 5.07. The minimum Gasteiger partial charge on any atom is -0.359 e. The summed E-state index contributed by atoms with van der Waals surface area (Å²) in [5.74, 6) is -0.0981. The Morgan fingerprint density at radius 1 is 1.43 bits per heavy atom. The maximum Gasteiger partial charge on any atom is 0.321 e. The summed E-state index contributed by atoms with van der Waals surface area (Å²) in [5, 5.41) is 13.0. The van der Waals surface area contributed by atoms with E-state index >= 15 is 0 Å². The number of amides is 3. The van der Waals surface area contributed by atoms with Crippen LogP contribution in [0.4, 0.5) is 10.5 Å². The molecule has 3 amide bonds. The summed E-state index contributed by atoms with van der Waals surface area (Å²) in [5.41, 5.74) is 1.54. The molecule has 1 aromatic carbocycles. The Hall–Kier alpha value is -2.57. The van der Waals surface area contributed by atoms with Gasteiger partial charge in [0.15, 0.2) is 0 Å². The second-order valence-electron chi connectivity index (χ2n) is 4.90. The number of hydrogen-bond donors (Lipinski definition) is 3. The summed E-state index contributed by atoms with van der Waals surface area (Å²) < 4.78 is 0. The molecule has 1 aromatic heterocycles. The average Bonchev–Trinajstić information content (AvgIpc) is 2.95. The quantitative estimate of drug-likeness (QED) is 0.797. The largest absolute Gasteiger partial charge is 0.359 e. The molecule has 1 atom stereocenters. The van der Waals surface area contributed by atoms with Crippen LogP contribution < -0.4 is 10.6 Å². The molecule has 0 radical (unpaired) electrons. The molecule has 2 aromatic rings. The first-order valence-corrected chi connectivity index (χ1v) is 6.69. The fourth-order valence-electron chi connectivity index (χ4n) is 1.99. The van der Waals surface area contributed by atoms with Gasteiger partial charge in [-0.05, 0) is 19.1 Å². The zero-order chi connectivity index (χ0) is 15.4. The number of nitrogens with one attached hydrogen (secondary N) is 3. The second-order valence-corrected chi connectivity index (χ2v) is 4.90. The third-order valence-corrected chi connectivity index (χ3v) is 3.47. The van der Waals surface area contributed by atoms with Crippen LogP contribution in [-0.2, 0) is 4.79 Å². The molecule has 21 heavy (non-hydrogen) atoms. The lowest BCUT2D eigenvalue weighted by Crippen LogP contribution is -2.40. The predicted octanol–water partition coefficient (Wildman–Crippen LogP) is 1.55. The van der Waals surface area contributed by atoms with E-state index in [9.17, 15) is 9.59 Å². The number of rotatable bonds is 4. The molecule has 2 rings (SSSR count). The number of hydrogen-bond acceptors (Lipinski definition) is 3. The van der Waals surface area contributed by atoms with Gasteiger partial charge in [0.05, 0.1) is 17.4 Å². The molecule has 0 spiro atoms. The minimum absolute atomic E-state index is 0.0981. The van der Waals surface area contributed by atoms with Gasteiger partial charge in [-0.15, -0.1) is 0 Å². The van der Waals surface area contributed by atoms with E-state index < -0.39 is 0 Å². The first-order valence-electron chi connectivity index (χ1n) is 6.69. The highest BCUT2D eigenvalue weighted by Crippen LogP contribution is 2.21. The Balaban J connectivity index is 2.07. The van der Waals surface area contributed by atoms with Gasteiger partial charge in [0.2, 0.25) is 5.91 Å². The number of carbonyl (C=O) groups excluding carboxylic acids is 2. The van der Waals surface area contributed by atoms with Crippen LogP contribution in [0.2, 0.25) is 0 Å². The molecule has 0 unspecified atom stereocenters. The fourth-order valence-corrected chi connectivity index (χ4v) is 1.99. The molecule has 0 aliphatic rings. The first kappa shape index (κ1) is 14.8. The number of fused-ring (bicyclic) bond motifs is 1. The molecule has 0 saturated carbocycles. The van der Waals surface area contributed by atoms with Crippen LogP contribution in [0.15, 0.2) is 24.4 Å². The monoisotopic (exact) mass is 289 g/mol. The lowest BCUT2D eigenvalue weighted by molar-refractivity contribution is -0.121. The van der Waals surface area contributed by atoms with Crippen LogP contribution in [0.1, 0.15) is 13.3 Å². The summed E-state index contributed by atoms with van der Waals surface area (Å²) >= 11 is 0. The number of anilines is 1. The van der Waals surface area contributed by atoms with Crippen molar-refractivity contribution in [2.45, 2.75) is 19.4 Å². The molecule has 0 bridgehead atoms. The third kappa shape index (κ3) is 3.31. The minimum atomic E-state index is -0.264. The summed E-state index contributed by atoms with van der Waals surface area (Å²) in [4.78, 5) is 25.1. The Morgan fingerprint density at radius 3 is 2.90 bits per heavy atom. The van der Waals surface area contributed by atoms with E-state index in [0.717, 1.165) is 10.9 Å². The van der Waals surface area contributed by atoms with Crippen molar-refractivity contribution >= 4 is 28.5 Å². The van der Waals surface area contributed by atoms with Crippen LogP contribution in [0.3, 0.4) is 0 Å². The normalized spacial score (nSPS) is 12.0. The first-order chi connectivity index (χ1) is 10.0. The summed E-state index contributed by atoms with van der Waals surface area (Å²) in [6.45, 7) is 1.83. The summed E-state index contributed by atoms with van der Waals surface area (Å²) in [7, 11) is 3.24. The Kier molecular flexibility index (Phi) is 4.42. The van der Waals surface area contributed by atoms with Crippen molar-refractivity contribution in [3.8, 4) is 0 Å². The van der Waals surface area contributed by atoms with Crippen molar-refractivity contribution in [2.75, 3.05) is 19.4 Å². The van der Waals surface area contributed by atoms with Crippen molar-refractivity contribution in [2.24, 2.45) is 0 Å². The highest BCUT2D eigenvalue weighted by atomic mass is 16.2. The van der Waals surface area contributed by atoms with Gasteiger partial charge in [0, 0.05) is 31.9 Å². The van der Waals surface area contributed by atoms with Crippen LogP contribution in [-0.4, -0.2) is 47.2 Å². The predicted molar refractivity (Wildman–Crippen MR) is 81.0 cm³/mol. The van der Waals surface area contributed by atoms with E-state index in [1.54, 1.807) is 20.3 Å². The number of carbonyl (C=O) groups is 2. The SMILES string of the molecule is CNC(=O)C[C@@H](C)N(C)C(=O)Nc1cccc2[nH]ncc12. The molecule has 7 heteroatoms. The summed E-state index contributed by atoms with van der Waals surface area (Å²) in [6.07, 6.45) is 1.93. The van der Waals surface area contributed by atoms with Crippen LogP contribution >= 0.6 is 0 Å². The Morgan fingerprint density at radius 2 is 2.19 bits per heavy atom. The standard InChI is InChI=1S/C14H19N5O2/c1-9(7-13(20)15-2)19(3)14(21)17-11-5-4-6-12-10(11)8-16-18-12/h4-6,8-9H,7H2,1-3H3,(H,15,20)(H,16,18)(H,17,21)/t9-/m1/s1. The lowest BCUT2D eigenvalue weighted by atomic mass is 10.2. The number of nitrogens with zero attached hydrogens (tertiary/aromatic N) is 2. The van der Waals surface area contributed by atoms with Gasteiger partial charge in [-0.3, -0.25) is 9.89 Å². The third-order valence-electron chi connectivity index (χ3n) is 3.47. The Labute approximate surface area is 122 Å². The van der Waals surface area contributed by atoms with E-state index in [-0.39, 0.29) is 24.4 Å². The van der Waals surface area contributed by atoms with Gasteiger partial charge >= 0.3 is 6.03 Å². The highest BCUT2D eigenvalue weighted by Gasteiger charge is 2.18. The van der Waals surface area contributed by atoms with Gasteiger partial charge in [-0.2, -0.15) is 5.10 Å². The van der Waals surface area contributed by atoms with E-state index in [2.05, 4.69) is 20.8 Å². The fraction of sp³-hybridized carbons (Fsp3) is 0.357. The van der Waals surface area contributed by atoms with Crippen molar-refractivity contribution in [1.29, 1.82) is 0 Å². The molecule has 3 N–H and O–H groups in total. The maximum absolute atomic E-state index is 12.2. The zero-order valence-corrected chi connectivity index (χ0v) is 12.3. The molecule has 0 fully saturated rings. The number of aromatic nitrogens is 2. The highest BCUT2D eigenvalue weighted by molar-refractivity contribution is 6.00. The molecule has 0 saturated heterocycles. The Bertz CT molecular complexity index is 652. The van der Waals surface area contributed by atoms with Crippen LogP contribution in [0.5, 0.6) is 0 Å². The van der Waals surface area contributed by atoms with Crippen LogP contribution in [0, 0.1) is 0 Å². The van der Waals surface area contributed by atoms with Gasteiger partial charge in [0.1, 0.15) is 0 Å². The number of benzene rings is 1. The molecule has 0 aliphatic heterocycles. The molecular weight excluding hydrogens is 270 g/mol. The van der Waals surface area contributed by atoms with Gasteiger partial charge in [0.25, 0.3) is 0 Å². The topological polar surface area (TPSA) is 90.1 Å².